The van der Waals surface area contributed by atoms with E-state index in [2.05, 4.69) is 19.6 Å². The number of nitrogens with two attached hydrogens (primary N) is 1. The quantitative estimate of drug-likeness (QED) is 0.634. The molecule has 56 valence electrons. The van der Waals surface area contributed by atoms with E-state index in [1.807, 2.05) is 0 Å². The summed E-state index contributed by atoms with van der Waals surface area (Å²) in [6.45, 7) is 4.11. The van der Waals surface area contributed by atoms with Crippen LogP contribution in [0.4, 0.5) is 4.79 Å². The number of hydrogen-bond acceptors (Lipinski definition) is 2. The van der Waals surface area contributed by atoms with Crippen LogP contribution in [0.15, 0.2) is 0 Å². The molecule has 0 aromatic carbocycles. The third kappa shape index (κ3) is 75.7. The number of carbonyl (C=O) groups is 1. The van der Waals surface area contributed by atoms with Crippen molar-refractivity contribution < 1.29 is 9.90 Å². The SMILES string of the molecule is CC(C)SCl.NC(=O)O. The van der Waals surface area contributed by atoms with E-state index in [0.29, 0.717) is 5.25 Å². The smallest absolute Gasteiger partial charge is 0.402 e. The lowest BCUT2D eigenvalue weighted by molar-refractivity contribution is 0.205. The summed E-state index contributed by atoms with van der Waals surface area (Å²) in [6.07, 6.45) is -1.33. The van der Waals surface area contributed by atoms with Gasteiger partial charge in [-0.05, 0) is 10.7 Å². The molecule has 0 heterocycles. The van der Waals surface area contributed by atoms with Gasteiger partial charge in [-0.3, -0.25) is 0 Å². The monoisotopic (exact) mass is 171 g/mol. The van der Waals surface area contributed by atoms with Crippen LogP contribution in [-0.2, 0) is 0 Å². The second kappa shape index (κ2) is 7.91. The van der Waals surface area contributed by atoms with Crippen molar-refractivity contribution in [1.82, 2.24) is 0 Å². The highest BCUT2D eigenvalue weighted by atomic mass is 35.7. The Morgan fingerprint density at radius 1 is 1.78 bits per heavy atom. The van der Waals surface area contributed by atoms with Gasteiger partial charge in [0.1, 0.15) is 0 Å². The fourth-order valence-electron chi connectivity index (χ4n) is 0. The van der Waals surface area contributed by atoms with Gasteiger partial charge in [0.15, 0.2) is 0 Å². The highest BCUT2D eigenvalue weighted by Crippen LogP contribution is 2.12. The van der Waals surface area contributed by atoms with Gasteiger partial charge in [-0.1, -0.05) is 24.8 Å². The van der Waals surface area contributed by atoms with Gasteiger partial charge in [0.25, 0.3) is 0 Å². The summed E-state index contributed by atoms with van der Waals surface area (Å²) in [5.41, 5.74) is 4.03. The molecule has 5 heteroatoms. The summed E-state index contributed by atoms with van der Waals surface area (Å²) >= 11 is 0. The van der Waals surface area contributed by atoms with E-state index >= 15 is 0 Å². The van der Waals surface area contributed by atoms with Crippen LogP contribution in [0.5, 0.6) is 0 Å². The molecule has 0 bridgehead atoms. The molecule has 0 aliphatic heterocycles. The van der Waals surface area contributed by atoms with E-state index in [0.717, 1.165) is 0 Å². The van der Waals surface area contributed by atoms with Crippen LogP contribution in [0.3, 0.4) is 0 Å². The molecule has 3 nitrogen and oxygen atoms in total. The first-order chi connectivity index (χ1) is 4.00. The van der Waals surface area contributed by atoms with Gasteiger partial charge in [0.05, 0.1) is 0 Å². The van der Waals surface area contributed by atoms with Crippen LogP contribution >= 0.6 is 21.7 Å². The molecule has 0 atom stereocenters. The highest BCUT2D eigenvalue weighted by Gasteiger charge is 1.83. The number of rotatable bonds is 1. The summed E-state index contributed by atoms with van der Waals surface area (Å²) in [7, 11) is 6.60. The lowest BCUT2D eigenvalue weighted by Gasteiger charge is -1.87. The first kappa shape index (κ1) is 11.7. The second-order valence-electron chi connectivity index (χ2n) is 1.48. The minimum Gasteiger partial charge on any atom is -0.465 e. The van der Waals surface area contributed by atoms with Gasteiger partial charge >= 0.3 is 6.09 Å². The lowest BCUT2D eigenvalue weighted by atomic mass is 10.6. The van der Waals surface area contributed by atoms with Crippen LogP contribution in [0.2, 0.25) is 0 Å². The molecule has 1 amide bonds. The summed E-state index contributed by atoms with van der Waals surface area (Å²) in [6, 6.07) is 0. The third-order valence-corrected chi connectivity index (χ3v) is 1.60. The molecule has 0 fully saturated rings. The first-order valence-corrected chi connectivity index (χ1v) is 3.97. The van der Waals surface area contributed by atoms with Gasteiger partial charge in [-0.15, -0.1) is 0 Å². The molecule has 0 rings (SSSR count). The third-order valence-electron chi connectivity index (χ3n) is 0.178. The largest absolute Gasteiger partial charge is 0.465 e. The molecular weight excluding hydrogens is 162 g/mol. The van der Waals surface area contributed by atoms with Crippen LogP contribution in [0.25, 0.3) is 0 Å². The number of amides is 1. The average Bonchev–Trinajstić information content (AvgIpc) is 1.65. The molecule has 0 aliphatic carbocycles. The zero-order valence-electron chi connectivity index (χ0n) is 5.30. The van der Waals surface area contributed by atoms with Crippen molar-refractivity contribution in [2.45, 2.75) is 19.1 Å². The van der Waals surface area contributed by atoms with Crippen molar-refractivity contribution in [3.8, 4) is 0 Å². The van der Waals surface area contributed by atoms with Gasteiger partial charge in [-0.2, -0.15) is 0 Å². The molecule has 0 saturated carbocycles. The topological polar surface area (TPSA) is 63.3 Å². The van der Waals surface area contributed by atoms with Crippen molar-refractivity contribution in [2.24, 2.45) is 5.73 Å². The zero-order valence-corrected chi connectivity index (χ0v) is 6.87. The number of halogens is 1. The molecule has 0 radical (unpaired) electrons. The summed E-state index contributed by atoms with van der Waals surface area (Å²) in [5.74, 6) is 0. The van der Waals surface area contributed by atoms with E-state index < -0.39 is 6.09 Å². The molecule has 9 heavy (non-hydrogen) atoms. The van der Waals surface area contributed by atoms with Crippen molar-refractivity contribution in [1.29, 1.82) is 0 Å². The highest BCUT2D eigenvalue weighted by molar-refractivity contribution is 8.21. The molecule has 0 saturated heterocycles. The molecule has 3 N–H and O–H groups in total. The van der Waals surface area contributed by atoms with Crippen LogP contribution < -0.4 is 5.73 Å². The summed E-state index contributed by atoms with van der Waals surface area (Å²) in [4.78, 5) is 8.78. The Kier molecular flexibility index (Phi) is 10.3. The van der Waals surface area contributed by atoms with Gasteiger partial charge in [-0.25, -0.2) is 4.79 Å². The molecular formula is C4H10ClNO2S. The van der Waals surface area contributed by atoms with E-state index in [1.54, 1.807) is 0 Å². The molecule has 0 unspecified atom stereocenters. The van der Waals surface area contributed by atoms with E-state index in [1.165, 1.54) is 11.0 Å². The van der Waals surface area contributed by atoms with Gasteiger partial charge in [0.2, 0.25) is 0 Å². The molecule has 0 aromatic heterocycles. The van der Waals surface area contributed by atoms with Crippen molar-refractivity contribution in [3.05, 3.63) is 0 Å². The maximum absolute atomic E-state index is 8.78. The van der Waals surface area contributed by atoms with Crippen LogP contribution in [0.1, 0.15) is 13.8 Å². The molecule has 0 spiro atoms. The Balaban J connectivity index is 0. The normalized spacial score (nSPS) is 8.00. The minimum atomic E-state index is -1.33. The van der Waals surface area contributed by atoms with Crippen LogP contribution in [-0.4, -0.2) is 16.4 Å². The standard InChI is InChI=1S/C3H7ClS.CH3NO2/c1-3(2)5-4;2-1(3)4/h3H,1-2H3;2H2,(H,3,4). The summed E-state index contributed by atoms with van der Waals surface area (Å²) in [5, 5.41) is 7.76. The Bertz CT molecular complexity index is 75.0. The van der Waals surface area contributed by atoms with Gasteiger partial charge in [0, 0.05) is 5.25 Å². The minimum absolute atomic E-state index is 0.566. The Hall–Kier alpha value is -0.0900. The summed E-state index contributed by atoms with van der Waals surface area (Å²) < 4.78 is 0. The average molecular weight is 172 g/mol. The van der Waals surface area contributed by atoms with Crippen molar-refractivity contribution >= 4 is 27.8 Å². The maximum atomic E-state index is 8.78. The Morgan fingerprint density at radius 2 is 1.89 bits per heavy atom. The van der Waals surface area contributed by atoms with Crippen LogP contribution in [0, 0.1) is 0 Å². The molecule has 0 aliphatic rings. The van der Waals surface area contributed by atoms with E-state index in [-0.39, 0.29) is 0 Å². The van der Waals surface area contributed by atoms with E-state index in [4.69, 9.17) is 20.6 Å². The lowest BCUT2D eigenvalue weighted by Crippen LogP contribution is -2.03. The predicted octanol–water partition coefficient (Wildman–Crippen LogP) is 1.90. The second-order valence-corrected chi connectivity index (χ2v) is 3.13. The van der Waals surface area contributed by atoms with E-state index in [9.17, 15) is 0 Å². The maximum Gasteiger partial charge on any atom is 0.402 e. The first-order valence-electron chi connectivity index (χ1n) is 2.26. The fourth-order valence-corrected chi connectivity index (χ4v) is 0. The molecule has 0 aromatic rings. The number of primary amides is 1. The zero-order chi connectivity index (χ0) is 7.86. The predicted molar refractivity (Wildman–Crippen MR) is 40.8 cm³/mol. The van der Waals surface area contributed by atoms with Gasteiger partial charge < -0.3 is 10.8 Å². The van der Waals surface area contributed by atoms with Crippen molar-refractivity contribution in [3.63, 3.8) is 0 Å². The number of hydrogen-bond donors (Lipinski definition) is 2. The fraction of sp³-hybridized carbons (Fsp3) is 0.750. The Labute approximate surface area is 63.1 Å². The van der Waals surface area contributed by atoms with Crippen molar-refractivity contribution in [2.75, 3.05) is 0 Å². The Morgan fingerprint density at radius 3 is 1.89 bits per heavy atom. The number of carboxylic acid groups (broad SMARTS) is 1.